The van der Waals surface area contributed by atoms with Gasteiger partial charge in [0, 0.05) is 25.9 Å². The van der Waals surface area contributed by atoms with Crippen molar-refractivity contribution in [1.29, 1.82) is 5.41 Å². The third-order valence-corrected chi connectivity index (χ3v) is 2.58. The first-order chi connectivity index (χ1) is 6.52. The minimum atomic E-state index is -0.369. The Morgan fingerprint density at radius 1 is 1.36 bits per heavy atom. The van der Waals surface area contributed by atoms with E-state index in [1.165, 1.54) is 6.92 Å². The van der Waals surface area contributed by atoms with Gasteiger partial charge in [-0.2, -0.15) is 0 Å². The molecular weight excluding hydrogens is 182 g/mol. The Morgan fingerprint density at radius 2 is 1.86 bits per heavy atom. The lowest BCUT2D eigenvalue weighted by molar-refractivity contribution is -0.131. The molecule has 0 bridgehead atoms. The molecule has 0 atom stereocenters. The first-order valence-electron chi connectivity index (χ1n) is 4.66. The van der Waals surface area contributed by atoms with E-state index in [2.05, 4.69) is 0 Å². The van der Waals surface area contributed by atoms with Crippen molar-refractivity contribution in [3.8, 4) is 0 Å². The molecule has 14 heavy (non-hydrogen) atoms. The van der Waals surface area contributed by atoms with Crippen LogP contribution in [0.2, 0.25) is 0 Å². The predicted molar refractivity (Wildman–Crippen MR) is 51.9 cm³/mol. The average Bonchev–Trinajstić information content (AvgIpc) is 2.16. The Bertz CT molecular complexity index is 267. The summed E-state index contributed by atoms with van der Waals surface area (Å²) in [7, 11) is 0. The highest BCUT2D eigenvalue weighted by molar-refractivity contribution is 6.37. The monoisotopic (exact) mass is 197 g/mol. The van der Waals surface area contributed by atoms with Crippen molar-refractivity contribution in [2.45, 2.75) is 19.8 Å². The van der Waals surface area contributed by atoms with Crippen LogP contribution < -0.4 is 5.73 Å². The van der Waals surface area contributed by atoms with Crippen LogP contribution in [0.25, 0.3) is 0 Å². The van der Waals surface area contributed by atoms with Crippen LogP contribution in [0.5, 0.6) is 0 Å². The molecule has 0 aromatic carbocycles. The summed E-state index contributed by atoms with van der Waals surface area (Å²) in [4.78, 5) is 24.0. The second-order valence-corrected chi connectivity index (χ2v) is 3.56. The topological polar surface area (TPSA) is 87.2 Å². The molecule has 1 amide bonds. The van der Waals surface area contributed by atoms with E-state index in [1.807, 2.05) is 0 Å². The summed E-state index contributed by atoms with van der Waals surface area (Å²) in [5.74, 6) is -0.777. The van der Waals surface area contributed by atoms with Gasteiger partial charge in [-0.25, -0.2) is 0 Å². The van der Waals surface area contributed by atoms with E-state index < -0.39 is 0 Å². The van der Waals surface area contributed by atoms with Gasteiger partial charge < -0.3 is 10.6 Å². The highest BCUT2D eigenvalue weighted by Crippen LogP contribution is 2.17. The molecule has 0 radical (unpaired) electrons. The van der Waals surface area contributed by atoms with Crippen molar-refractivity contribution in [3.63, 3.8) is 0 Å². The lowest BCUT2D eigenvalue weighted by Gasteiger charge is -2.30. The summed E-state index contributed by atoms with van der Waals surface area (Å²) in [6, 6.07) is 0. The fourth-order valence-electron chi connectivity index (χ4n) is 1.68. The Hall–Kier alpha value is -1.39. The van der Waals surface area contributed by atoms with Crippen LogP contribution in [0.1, 0.15) is 19.8 Å². The molecule has 1 rings (SSSR count). The summed E-state index contributed by atoms with van der Waals surface area (Å²) in [6.07, 6.45) is 1.25. The number of nitrogens with one attached hydrogen (secondary N) is 1. The number of piperidine rings is 1. The van der Waals surface area contributed by atoms with Crippen LogP contribution in [0, 0.1) is 11.3 Å². The smallest absolute Gasteiger partial charge is 0.219 e. The van der Waals surface area contributed by atoms with Crippen molar-refractivity contribution in [3.05, 3.63) is 0 Å². The van der Waals surface area contributed by atoms with E-state index in [-0.39, 0.29) is 23.4 Å². The zero-order chi connectivity index (χ0) is 10.7. The zero-order valence-electron chi connectivity index (χ0n) is 8.25. The van der Waals surface area contributed by atoms with E-state index >= 15 is 0 Å². The van der Waals surface area contributed by atoms with E-state index in [9.17, 15) is 9.59 Å². The molecule has 5 heteroatoms. The van der Waals surface area contributed by atoms with Gasteiger partial charge in [0.2, 0.25) is 5.91 Å². The lowest BCUT2D eigenvalue weighted by Crippen LogP contribution is -2.41. The Labute approximate surface area is 82.8 Å². The summed E-state index contributed by atoms with van der Waals surface area (Å²) in [5.41, 5.74) is 5.11. The Morgan fingerprint density at radius 3 is 2.21 bits per heavy atom. The molecule has 1 fully saturated rings. The summed E-state index contributed by atoms with van der Waals surface area (Å²) >= 11 is 0. The number of hydrogen-bond acceptors (Lipinski definition) is 3. The van der Waals surface area contributed by atoms with Gasteiger partial charge in [0.05, 0.1) is 0 Å². The first kappa shape index (κ1) is 10.7. The number of rotatable bonds is 2. The standard InChI is InChI=1S/C9H15N3O2/c1-6(13)12-4-2-7(3-5-12)8(14)9(10)11/h7H,2-5H2,1H3,(H3,10,11). The maximum Gasteiger partial charge on any atom is 0.219 e. The van der Waals surface area contributed by atoms with Crippen molar-refractivity contribution in [2.75, 3.05) is 13.1 Å². The maximum atomic E-state index is 11.3. The largest absolute Gasteiger partial charge is 0.381 e. The van der Waals surface area contributed by atoms with Crippen LogP contribution in [-0.2, 0) is 9.59 Å². The number of amides is 1. The first-order valence-corrected chi connectivity index (χ1v) is 4.66. The van der Waals surface area contributed by atoms with Crippen LogP contribution in [0.15, 0.2) is 0 Å². The molecule has 78 valence electrons. The number of ketones is 1. The molecule has 0 aromatic rings. The number of nitrogens with two attached hydrogens (primary N) is 1. The number of nitrogens with zero attached hydrogens (tertiary/aromatic N) is 1. The molecule has 0 aliphatic carbocycles. The number of carbonyl (C=O) groups excluding carboxylic acids is 2. The highest BCUT2D eigenvalue weighted by Gasteiger charge is 2.26. The Balaban J connectivity index is 2.47. The molecule has 0 unspecified atom stereocenters. The van der Waals surface area contributed by atoms with Gasteiger partial charge in [-0.3, -0.25) is 15.0 Å². The molecular formula is C9H15N3O2. The summed E-state index contributed by atoms with van der Waals surface area (Å²) in [6.45, 7) is 2.71. The summed E-state index contributed by atoms with van der Waals surface area (Å²) in [5, 5.41) is 7.02. The minimum Gasteiger partial charge on any atom is -0.381 e. The van der Waals surface area contributed by atoms with Gasteiger partial charge >= 0.3 is 0 Å². The fourth-order valence-corrected chi connectivity index (χ4v) is 1.68. The van der Waals surface area contributed by atoms with Crippen LogP contribution in [-0.4, -0.2) is 35.5 Å². The number of amidine groups is 1. The van der Waals surface area contributed by atoms with E-state index in [0.717, 1.165) is 0 Å². The van der Waals surface area contributed by atoms with Crippen molar-refractivity contribution >= 4 is 17.5 Å². The van der Waals surface area contributed by atoms with Gasteiger partial charge in [0.25, 0.3) is 0 Å². The number of carbonyl (C=O) groups is 2. The third-order valence-electron chi connectivity index (χ3n) is 2.58. The van der Waals surface area contributed by atoms with E-state index in [1.54, 1.807) is 4.90 Å². The van der Waals surface area contributed by atoms with Gasteiger partial charge in [0.1, 0.15) is 0 Å². The minimum absolute atomic E-state index is 0.0405. The molecule has 1 aliphatic heterocycles. The lowest BCUT2D eigenvalue weighted by atomic mass is 9.92. The van der Waals surface area contributed by atoms with Crippen molar-refractivity contribution < 1.29 is 9.59 Å². The van der Waals surface area contributed by atoms with Crippen LogP contribution in [0.3, 0.4) is 0 Å². The molecule has 0 spiro atoms. The zero-order valence-corrected chi connectivity index (χ0v) is 8.25. The van der Waals surface area contributed by atoms with Crippen molar-refractivity contribution in [1.82, 2.24) is 4.90 Å². The quantitative estimate of drug-likeness (QED) is 0.472. The third kappa shape index (κ3) is 2.31. The molecule has 0 aromatic heterocycles. The normalized spacial score (nSPS) is 17.9. The van der Waals surface area contributed by atoms with Crippen molar-refractivity contribution in [2.24, 2.45) is 11.7 Å². The SMILES string of the molecule is CC(=O)N1CCC(C(=O)C(=N)N)CC1. The van der Waals surface area contributed by atoms with Gasteiger partial charge in [-0.15, -0.1) is 0 Å². The van der Waals surface area contributed by atoms with Crippen LogP contribution in [0.4, 0.5) is 0 Å². The van der Waals surface area contributed by atoms with Crippen LogP contribution >= 0.6 is 0 Å². The average molecular weight is 197 g/mol. The second-order valence-electron chi connectivity index (χ2n) is 3.56. The molecule has 1 aliphatic rings. The molecule has 1 saturated heterocycles. The second kappa shape index (κ2) is 4.21. The predicted octanol–water partition coefficient (Wildman–Crippen LogP) is -0.250. The maximum absolute atomic E-state index is 11.3. The highest BCUT2D eigenvalue weighted by atomic mass is 16.2. The molecule has 5 nitrogen and oxygen atoms in total. The molecule has 1 heterocycles. The summed E-state index contributed by atoms with van der Waals surface area (Å²) < 4.78 is 0. The molecule has 0 saturated carbocycles. The van der Waals surface area contributed by atoms with Gasteiger partial charge in [-0.05, 0) is 12.8 Å². The number of hydrogen-bond donors (Lipinski definition) is 2. The van der Waals surface area contributed by atoms with E-state index in [4.69, 9.17) is 11.1 Å². The van der Waals surface area contributed by atoms with E-state index in [0.29, 0.717) is 25.9 Å². The fraction of sp³-hybridized carbons (Fsp3) is 0.667. The van der Waals surface area contributed by atoms with Gasteiger partial charge in [0.15, 0.2) is 11.6 Å². The Kier molecular flexibility index (Phi) is 3.22. The number of likely N-dealkylation sites (tertiary alicyclic amines) is 1. The molecule has 3 N–H and O–H groups in total. The number of Topliss-reactive ketones (excluding diaryl/α,β-unsaturated/α-hetero) is 1. The van der Waals surface area contributed by atoms with Gasteiger partial charge in [-0.1, -0.05) is 0 Å².